The minimum Gasteiger partial charge on any atom is -0.399 e. The summed E-state index contributed by atoms with van der Waals surface area (Å²) in [6, 6.07) is 7.88. The molecule has 0 amide bonds. The maximum absolute atomic E-state index is 13.3. The number of anilines is 1. The Morgan fingerprint density at radius 3 is 2.40 bits per heavy atom. The molecule has 5 heteroatoms. The highest BCUT2D eigenvalue weighted by atomic mass is 19.4. The Hall–Kier alpha value is -1.91. The number of hydrogen-bond acceptors (Lipinski definition) is 1. The highest BCUT2D eigenvalue weighted by molar-refractivity contribution is 5.68. The van der Waals surface area contributed by atoms with Crippen LogP contribution in [0.1, 0.15) is 24.1 Å². The summed E-state index contributed by atoms with van der Waals surface area (Å²) in [6.45, 7) is 0.644. The van der Waals surface area contributed by atoms with Gasteiger partial charge in [0.25, 0.3) is 0 Å². The first-order valence-electron chi connectivity index (χ1n) is 6.62. The van der Waals surface area contributed by atoms with E-state index in [9.17, 15) is 13.2 Å². The molecule has 0 spiro atoms. The van der Waals surface area contributed by atoms with Crippen molar-refractivity contribution in [3.8, 4) is 11.3 Å². The number of alkyl halides is 3. The van der Waals surface area contributed by atoms with E-state index in [-0.39, 0.29) is 5.69 Å². The third kappa shape index (κ3) is 2.17. The van der Waals surface area contributed by atoms with Crippen LogP contribution in [0.15, 0.2) is 30.3 Å². The zero-order valence-corrected chi connectivity index (χ0v) is 10.9. The van der Waals surface area contributed by atoms with Crippen LogP contribution in [0.25, 0.3) is 11.3 Å². The highest BCUT2D eigenvalue weighted by Crippen LogP contribution is 2.41. The molecule has 0 unspecified atom stereocenters. The van der Waals surface area contributed by atoms with Gasteiger partial charge in [0, 0.05) is 17.9 Å². The van der Waals surface area contributed by atoms with E-state index in [4.69, 9.17) is 5.73 Å². The van der Waals surface area contributed by atoms with E-state index >= 15 is 0 Å². The lowest BCUT2D eigenvalue weighted by Gasteiger charge is -2.19. The van der Waals surface area contributed by atoms with Gasteiger partial charge in [0.15, 0.2) is 0 Å². The third-order valence-corrected chi connectivity index (χ3v) is 3.74. The molecule has 0 saturated heterocycles. The Bertz CT molecular complexity index is 624. The van der Waals surface area contributed by atoms with Crippen LogP contribution in [0, 0.1) is 0 Å². The molecule has 0 atom stereocenters. The number of nitrogens with two attached hydrogens (primary N) is 1. The van der Waals surface area contributed by atoms with Crippen molar-refractivity contribution < 1.29 is 13.2 Å². The quantitative estimate of drug-likeness (QED) is 0.784. The van der Waals surface area contributed by atoms with Crippen LogP contribution in [0.5, 0.6) is 0 Å². The zero-order chi connectivity index (χ0) is 14.3. The molecule has 0 bridgehead atoms. The van der Waals surface area contributed by atoms with Gasteiger partial charge in [-0.1, -0.05) is 12.1 Å². The van der Waals surface area contributed by atoms with Gasteiger partial charge in [-0.2, -0.15) is 13.2 Å². The second kappa shape index (κ2) is 4.58. The van der Waals surface area contributed by atoms with Crippen LogP contribution >= 0.6 is 0 Å². The number of aromatic nitrogens is 1. The van der Waals surface area contributed by atoms with Crippen molar-refractivity contribution in [2.75, 3.05) is 5.73 Å². The number of halogens is 3. The lowest BCUT2D eigenvalue weighted by molar-refractivity contribution is -0.137. The fraction of sp³-hybridized carbons (Fsp3) is 0.333. The Morgan fingerprint density at radius 2 is 1.75 bits per heavy atom. The molecule has 2 N–H and O–H groups in total. The minimum absolute atomic E-state index is 0.271. The first-order valence-corrected chi connectivity index (χ1v) is 6.62. The van der Waals surface area contributed by atoms with Crippen LogP contribution in [0.4, 0.5) is 18.9 Å². The average molecular weight is 280 g/mol. The number of fused-ring (bicyclic) bond motifs is 1. The largest absolute Gasteiger partial charge is 0.418 e. The summed E-state index contributed by atoms with van der Waals surface area (Å²) in [5, 5.41) is 0. The van der Waals surface area contributed by atoms with Crippen LogP contribution in [-0.2, 0) is 19.1 Å². The van der Waals surface area contributed by atoms with E-state index < -0.39 is 11.7 Å². The number of aryl methyl sites for hydroxylation is 1. The number of hydrogen-bond donors (Lipinski definition) is 1. The van der Waals surface area contributed by atoms with E-state index in [2.05, 4.69) is 0 Å². The van der Waals surface area contributed by atoms with Gasteiger partial charge in [-0.05, 0) is 43.0 Å². The van der Waals surface area contributed by atoms with E-state index in [1.807, 2.05) is 0 Å². The third-order valence-electron chi connectivity index (χ3n) is 3.74. The fourth-order valence-corrected chi connectivity index (χ4v) is 2.81. The molecular weight excluding hydrogens is 265 g/mol. The van der Waals surface area contributed by atoms with Crippen molar-refractivity contribution in [1.29, 1.82) is 0 Å². The molecule has 1 aromatic carbocycles. The van der Waals surface area contributed by atoms with Crippen molar-refractivity contribution in [3.05, 3.63) is 41.6 Å². The monoisotopic (exact) mass is 280 g/mol. The fourth-order valence-electron chi connectivity index (χ4n) is 2.81. The predicted octanol–water partition coefficient (Wildman–Crippen LogP) is 4.09. The molecule has 1 aromatic heterocycles. The molecule has 0 aliphatic carbocycles. The van der Waals surface area contributed by atoms with Gasteiger partial charge in [-0.25, -0.2) is 0 Å². The lowest BCUT2D eigenvalue weighted by Crippen LogP contribution is -2.12. The SMILES string of the molecule is Nc1ccc(-c2c(C(F)(F)F)cc3n2CCCC3)cc1. The molecule has 2 aromatic rings. The molecule has 1 aliphatic heterocycles. The number of nitrogens with zero attached hydrogens (tertiary/aromatic N) is 1. The van der Waals surface area contributed by atoms with Gasteiger partial charge in [-0.15, -0.1) is 0 Å². The summed E-state index contributed by atoms with van der Waals surface area (Å²) in [4.78, 5) is 0. The Kier molecular flexibility index (Phi) is 3.00. The molecule has 106 valence electrons. The van der Waals surface area contributed by atoms with Gasteiger partial charge in [-0.3, -0.25) is 0 Å². The summed E-state index contributed by atoms with van der Waals surface area (Å²) in [5.74, 6) is 0. The summed E-state index contributed by atoms with van der Waals surface area (Å²) in [5.41, 5.74) is 7.23. The Labute approximate surface area is 115 Å². The van der Waals surface area contributed by atoms with Crippen LogP contribution < -0.4 is 5.73 Å². The van der Waals surface area contributed by atoms with Gasteiger partial charge in [0.05, 0.1) is 11.3 Å². The molecule has 3 rings (SSSR count). The smallest absolute Gasteiger partial charge is 0.399 e. The first-order chi connectivity index (χ1) is 9.47. The second-order valence-corrected chi connectivity index (χ2v) is 5.13. The Morgan fingerprint density at radius 1 is 1.05 bits per heavy atom. The second-order valence-electron chi connectivity index (χ2n) is 5.13. The van der Waals surface area contributed by atoms with E-state index in [1.54, 1.807) is 28.8 Å². The summed E-state index contributed by atoms with van der Waals surface area (Å²) in [7, 11) is 0. The van der Waals surface area contributed by atoms with Gasteiger partial charge < -0.3 is 10.3 Å². The molecule has 2 heterocycles. The summed E-state index contributed by atoms with van der Waals surface area (Å²) < 4.78 is 41.6. The average Bonchev–Trinajstić information content (AvgIpc) is 2.79. The van der Waals surface area contributed by atoms with E-state index in [0.29, 0.717) is 24.2 Å². The van der Waals surface area contributed by atoms with Crippen molar-refractivity contribution in [1.82, 2.24) is 4.57 Å². The van der Waals surface area contributed by atoms with E-state index in [0.717, 1.165) is 18.5 Å². The summed E-state index contributed by atoms with van der Waals surface area (Å²) in [6.07, 6.45) is -1.76. The molecule has 0 saturated carbocycles. The topological polar surface area (TPSA) is 30.9 Å². The lowest BCUT2D eigenvalue weighted by atomic mass is 10.1. The number of benzene rings is 1. The van der Waals surface area contributed by atoms with Crippen LogP contribution in [-0.4, -0.2) is 4.57 Å². The van der Waals surface area contributed by atoms with Crippen LogP contribution in [0.2, 0.25) is 0 Å². The molecule has 0 radical (unpaired) electrons. The summed E-state index contributed by atoms with van der Waals surface area (Å²) >= 11 is 0. The van der Waals surface area contributed by atoms with Gasteiger partial charge >= 0.3 is 6.18 Å². The van der Waals surface area contributed by atoms with E-state index in [1.165, 1.54) is 6.07 Å². The molecular formula is C15H15F3N2. The highest BCUT2D eigenvalue weighted by Gasteiger charge is 2.37. The standard InChI is InChI=1S/C15H15F3N2/c16-15(17,18)13-9-12-3-1-2-8-20(12)14(13)10-4-6-11(19)7-5-10/h4-7,9H,1-3,8,19H2. The molecule has 1 aliphatic rings. The van der Waals surface area contributed by atoms with Gasteiger partial charge in [0.2, 0.25) is 0 Å². The van der Waals surface area contributed by atoms with Crippen molar-refractivity contribution >= 4 is 5.69 Å². The molecule has 20 heavy (non-hydrogen) atoms. The van der Waals surface area contributed by atoms with Gasteiger partial charge in [0.1, 0.15) is 0 Å². The first kappa shape index (κ1) is 13.1. The van der Waals surface area contributed by atoms with Crippen molar-refractivity contribution in [3.63, 3.8) is 0 Å². The minimum atomic E-state index is -4.33. The predicted molar refractivity (Wildman–Crippen MR) is 72.2 cm³/mol. The normalized spacial score (nSPS) is 15.2. The molecule has 2 nitrogen and oxygen atoms in total. The zero-order valence-electron chi connectivity index (χ0n) is 10.9. The number of nitrogen functional groups attached to an aromatic ring is 1. The maximum atomic E-state index is 13.3. The Balaban J connectivity index is 2.21. The van der Waals surface area contributed by atoms with Crippen LogP contribution in [0.3, 0.4) is 0 Å². The van der Waals surface area contributed by atoms with Crippen molar-refractivity contribution in [2.24, 2.45) is 0 Å². The number of rotatable bonds is 1. The van der Waals surface area contributed by atoms with Crippen molar-refractivity contribution in [2.45, 2.75) is 32.0 Å². The maximum Gasteiger partial charge on any atom is 0.418 e. The molecule has 0 fully saturated rings.